The fourth-order valence-corrected chi connectivity index (χ4v) is 5.41. The zero-order valence-corrected chi connectivity index (χ0v) is 20.4. The summed E-state index contributed by atoms with van der Waals surface area (Å²) < 4.78 is 29.9. The Balaban J connectivity index is 1.68. The van der Waals surface area contributed by atoms with Crippen molar-refractivity contribution in [2.24, 2.45) is 0 Å². The van der Waals surface area contributed by atoms with Crippen LogP contribution in [-0.4, -0.2) is 57.6 Å². The molecule has 0 bridgehead atoms. The van der Waals surface area contributed by atoms with E-state index in [-0.39, 0.29) is 22.7 Å². The number of rotatable bonds is 5. The number of benzene rings is 1. The molecule has 0 spiro atoms. The van der Waals surface area contributed by atoms with Gasteiger partial charge in [-0.2, -0.15) is 9.82 Å². The van der Waals surface area contributed by atoms with Crippen LogP contribution in [0.4, 0.5) is 5.82 Å². The van der Waals surface area contributed by atoms with Gasteiger partial charge >= 0.3 is 0 Å². The normalized spacial score (nSPS) is 16.5. The molecule has 0 saturated carbocycles. The molecule has 3 heterocycles. The van der Waals surface area contributed by atoms with Crippen LogP contribution in [0, 0.1) is 11.8 Å². The molecular formula is C24H27N7O3S. The van der Waals surface area contributed by atoms with E-state index in [2.05, 4.69) is 38.2 Å². The highest BCUT2D eigenvalue weighted by molar-refractivity contribution is 7.89. The molecule has 3 aromatic rings. The lowest BCUT2D eigenvalue weighted by Gasteiger charge is -2.32. The summed E-state index contributed by atoms with van der Waals surface area (Å²) in [5.41, 5.74) is 5.91. The first-order valence-corrected chi connectivity index (χ1v) is 12.6. The fraction of sp³-hybridized carbons (Fsp3) is 0.333. The third kappa shape index (κ3) is 5.18. The number of nitrogen functional groups attached to an aromatic ring is 1. The van der Waals surface area contributed by atoms with E-state index in [1.54, 1.807) is 41.6 Å². The molecular weight excluding hydrogens is 466 g/mol. The van der Waals surface area contributed by atoms with Crippen LogP contribution in [0.1, 0.15) is 38.4 Å². The monoisotopic (exact) mass is 493 g/mol. The zero-order chi connectivity index (χ0) is 25.2. The van der Waals surface area contributed by atoms with Crippen molar-refractivity contribution in [3.05, 3.63) is 55.0 Å². The van der Waals surface area contributed by atoms with Crippen molar-refractivity contribution in [1.82, 2.24) is 29.4 Å². The summed E-state index contributed by atoms with van der Waals surface area (Å²) in [5.74, 6) is 6.04. The fourth-order valence-electron chi connectivity index (χ4n) is 4.06. The Bertz CT molecular complexity index is 1440. The Labute approximate surface area is 204 Å². The van der Waals surface area contributed by atoms with Gasteiger partial charge in [-0.15, -0.1) is 0 Å². The number of fused-ring (bicyclic) bond motifs is 1. The van der Waals surface area contributed by atoms with Crippen LogP contribution >= 0.6 is 0 Å². The molecule has 1 amide bonds. The molecule has 1 aliphatic rings. The quantitative estimate of drug-likeness (QED) is 0.409. The molecule has 3 N–H and O–H groups in total. The number of nitrogens with two attached hydrogens (primary N) is 1. The number of carbonyl (C=O) groups excluding carboxylic acids is 1. The highest BCUT2D eigenvalue weighted by atomic mass is 32.2. The van der Waals surface area contributed by atoms with Crippen molar-refractivity contribution < 1.29 is 13.2 Å². The Morgan fingerprint density at radius 1 is 1.29 bits per heavy atom. The van der Waals surface area contributed by atoms with E-state index >= 15 is 0 Å². The van der Waals surface area contributed by atoms with Crippen LogP contribution in [-0.2, 0) is 14.8 Å². The van der Waals surface area contributed by atoms with Gasteiger partial charge in [-0.3, -0.25) is 4.79 Å². The number of amides is 1. The molecule has 1 fully saturated rings. The highest BCUT2D eigenvalue weighted by Crippen LogP contribution is 2.28. The summed E-state index contributed by atoms with van der Waals surface area (Å²) in [6, 6.07) is 7.97. The molecule has 1 aliphatic heterocycles. The average molecular weight is 494 g/mol. The number of anilines is 1. The SMILES string of the molecule is C=CC(=O)N1CCCC(n2nc(C#CC(C)(C)NS(=O)(=O)c3ccccc3)c3c(N)ncnc32)C1. The van der Waals surface area contributed by atoms with Gasteiger partial charge in [0.2, 0.25) is 15.9 Å². The molecule has 0 radical (unpaired) electrons. The molecule has 35 heavy (non-hydrogen) atoms. The minimum absolute atomic E-state index is 0.121. The Hall–Kier alpha value is -3.75. The molecule has 0 aliphatic carbocycles. The predicted molar refractivity (Wildman–Crippen MR) is 133 cm³/mol. The van der Waals surface area contributed by atoms with Crippen molar-refractivity contribution in [3.8, 4) is 11.8 Å². The number of carbonyl (C=O) groups is 1. The van der Waals surface area contributed by atoms with Crippen LogP contribution in [0.25, 0.3) is 11.0 Å². The topological polar surface area (TPSA) is 136 Å². The number of hydrogen-bond donors (Lipinski definition) is 2. The molecule has 1 aromatic carbocycles. The van der Waals surface area contributed by atoms with Crippen molar-refractivity contribution in [2.75, 3.05) is 18.8 Å². The Morgan fingerprint density at radius 3 is 2.74 bits per heavy atom. The molecule has 10 nitrogen and oxygen atoms in total. The number of aromatic nitrogens is 4. The minimum Gasteiger partial charge on any atom is -0.383 e. The standard InChI is InChI=1S/C24H27N7O3S/c1-4-20(32)30-14-8-9-17(15-30)31-23-21(22(25)26-16-27-23)19(28-31)12-13-24(2,3)29-35(33,34)18-10-6-5-7-11-18/h4-7,10-11,16-17,29H,1,8-9,14-15H2,2-3H3,(H2,25,26,27). The molecule has 1 saturated heterocycles. The van der Waals surface area contributed by atoms with Gasteiger partial charge in [0.1, 0.15) is 17.8 Å². The van der Waals surface area contributed by atoms with Gasteiger partial charge in [-0.25, -0.2) is 23.1 Å². The summed E-state index contributed by atoms with van der Waals surface area (Å²) in [6.45, 7) is 8.02. The molecule has 182 valence electrons. The lowest BCUT2D eigenvalue weighted by atomic mass is 10.1. The van der Waals surface area contributed by atoms with E-state index < -0.39 is 15.6 Å². The van der Waals surface area contributed by atoms with Crippen LogP contribution < -0.4 is 10.5 Å². The van der Waals surface area contributed by atoms with Crippen LogP contribution in [0.3, 0.4) is 0 Å². The van der Waals surface area contributed by atoms with E-state index in [9.17, 15) is 13.2 Å². The molecule has 1 atom stereocenters. The molecule has 11 heteroatoms. The van der Waals surface area contributed by atoms with Crippen molar-refractivity contribution in [2.45, 2.75) is 43.2 Å². The number of piperidine rings is 1. The first-order chi connectivity index (χ1) is 16.6. The number of nitrogens with zero attached hydrogens (tertiary/aromatic N) is 5. The van der Waals surface area contributed by atoms with Gasteiger partial charge in [0.25, 0.3) is 0 Å². The van der Waals surface area contributed by atoms with Gasteiger partial charge in [0.15, 0.2) is 5.65 Å². The van der Waals surface area contributed by atoms with Gasteiger partial charge in [0, 0.05) is 13.1 Å². The number of sulfonamides is 1. The summed E-state index contributed by atoms with van der Waals surface area (Å²) >= 11 is 0. The summed E-state index contributed by atoms with van der Waals surface area (Å²) in [4.78, 5) is 22.5. The number of hydrogen-bond acceptors (Lipinski definition) is 7. The smallest absolute Gasteiger partial charge is 0.246 e. The maximum atomic E-state index is 12.8. The van der Waals surface area contributed by atoms with Crippen molar-refractivity contribution in [1.29, 1.82) is 0 Å². The minimum atomic E-state index is -3.77. The van der Waals surface area contributed by atoms with Gasteiger partial charge in [-0.1, -0.05) is 30.7 Å². The first kappa shape index (κ1) is 24.4. The maximum absolute atomic E-state index is 12.8. The second-order valence-electron chi connectivity index (χ2n) is 8.83. The maximum Gasteiger partial charge on any atom is 0.246 e. The largest absolute Gasteiger partial charge is 0.383 e. The number of likely N-dealkylation sites (tertiary alicyclic amines) is 1. The molecule has 1 unspecified atom stereocenters. The third-order valence-electron chi connectivity index (χ3n) is 5.68. The summed E-state index contributed by atoms with van der Waals surface area (Å²) in [5, 5.41) is 5.17. The van der Waals surface area contributed by atoms with Crippen molar-refractivity contribution in [3.63, 3.8) is 0 Å². The zero-order valence-electron chi connectivity index (χ0n) is 19.6. The van der Waals surface area contributed by atoms with Gasteiger partial charge < -0.3 is 10.6 Å². The van der Waals surface area contributed by atoms with Crippen LogP contribution in [0.2, 0.25) is 0 Å². The summed E-state index contributed by atoms with van der Waals surface area (Å²) in [7, 11) is -3.77. The van der Waals surface area contributed by atoms with E-state index in [0.29, 0.717) is 29.8 Å². The highest BCUT2D eigenvalue weighted by Gasteiger charge is 2.28. The van der Waals surface area contributed by atoms with E-state index in [1.807, 2.05) is 0 Å². The molecule has 4 rings (SSSR count). The lowest BCUT2D eigenvalue weighted by Crippen LogP contribution is -2.42. The second kappa shape index (κ2) is 9.48. The summed E-state index contributed by atoms with van der Waals surface area (Å²) in [6.07, 6.45) is 4.28. The van der Waals surface area contributed by atoms with Crippen molar-refractivity contribution >= 4 is 32.8 Å². The Morgan fingerprint density at radius 2 is 2.03 bits per heavy atom. The van der Waals surface area contributed by atoms with E-state index in [1.165, 1.54) is 24.5 Å². The predicted octanol–water partition coefficient (Wildman–Crippen LogP) is 1.87. The van der Waals surface area contributed by atoms with Gasteiger partial charge in [-0.05, 0) is 50.8 Å². The average Bonchev–Trinajstić information content (AvgIpc) is 3.22. The Kier molecular flexibility index (Phi) is 6.60. The van der Waals surface area contributed by atoms with Crippen LogP contribution in [0.5, 0.6) is 0 Å². The van der Waals surface area contributed by atoms with E-state index in [0.717, 1.165) is 12.8 Å². The van der Waals surface area contributed by atoms with Gasteiger partial charge in [0.05, 0.1) is 21.9 Å². The number of nitrogens with one attached hydrogen (secondary N) is 1. The van der Waals surface area contributed by atoms with Crippen LogP contribution in [0.15, 0.2) is 54.2 Å². The second-order valence-corrected chi connectivity index (χ2v) is 10.5. The third-order valence-corrected chi connectivity index (χ3v) is 7.36. The molecule has 2 aromatic heterocycles. The van der Waals surface area contributed by atoms with E-state index in [4.69, 9.17) is 5.73 Å². The lowest BCUT2D eigenvalue weighted by molar-refractivity contribution is -0.127. The first-order valence-electron chi connectivity index (χ1n) is 11.1.